The molecule has 3 aromatic heterocycles. The maximum atomic E-state index is 11.9. The molecule has 0 saturated heterocycles. The van der Waals surface area contributed by atoms with Crippen molar-refractivity contribution in [1.82, 2.24) is 19.9 Å². The van der Waals surface area contributed by atoms with Crippen LogP contribution in [0.2, 0.25) is 0 Å². The van der Waals surface area contributed by atoms with Crippen LogP contribution in [0.4, 0.5) is 0 Å². The summed E-state index contributed by atoms with van der Waals surface area (Å²) >= 11 is 0. The van der Waals surface area contributed by atoms with Crippen LogP contribution in [0.3, 0.4) is 0 Å². The Morgan fingerprint density at radius 1 is 0.263 bits per heavy atom. The third kappa shape index (κ3) is 19.3. The predicted octanol–water partition coefficient (Wildman–Crippen LogP) is -14.9. The van der Waals surface area contributed by atoms with Gasteiger partial charge < -0.3 is 93.9 Å². The molecule has 9 rings (SSSR count). The fourth-order valence-corrected chi connectivity index (χ4v) is 9.45. The van der Waals surface area contributed by atoms with Crippen LogP contribution in [-0.4, -0.2) is 138 Å². The smallest absolute Gasteiger partial charge is 0.744 e. The van der Waals surface area contributed by atoms with Crippen LogP contribution in [0.25, 0.3) is 90.9 Å². The molecule has 0 aliphatic carbocycles. The molecule has 0 amide bonds. The molecule has 36 heteroatoms. The van der Waals surface area contributed by atoms with Gasteiger partial charge in [0.2, 0.25) is 0 Å². The van der Waals surface area contributed by atoms with Crippen molar-refractivity contribution in [3.05, 3.63) is 144 Å². The van der Waals surface area contributed by atoms with E-state index >= 15 is 0 Å². The number of benzene rings is 4. The maximum absolute atomic E-state index is 11.9. The number of nitrogens with one attached hydrogen (secondary N) is 2. The zero-order chi connectivity index (χ0) is 45.3. The van der Waals surface area contributed by atoms with Crippen LogP contribution in [0.1, 0.15) is 22.8 Å². The minimum Gasteiger partial charge on any atom is -0.744 e. The maximum Gasteiger partial charge on any atom is 1.00 e. The molecular formula is C44H50N4Na4O24S4. The van der Waals surface area contributed by atoms with Gasteiger partial charge in [-0.3, -0.25) is 0 Å². The minimum atomic E-state index is -4.81. The van der Waals surface area contributed by atoms with E-state index in [-0.39, 0.29) is 184 Å². The first-order valence-electron chi connectivity index (χ1n) is 18.6. The fraction of sp³-hybridized carbons (Fsp3) is 0. The van der Waals surface area contributed by atoms with Gasteiger partial charge in [-0.2, -0.15) is 0 Å². The van der Waals surface area contributed by atoms with E-state index in [0.717, 1.165) is 0 Å². The van der Waals surface area contributed by atoms with Crippen LogP contribution < -0.4 is 118 Å². The van der Waals surface area contributed by atoms with Gasteiger partial charge in [0.15, 0.2) is 0 Å². The van der Waals surface area contributed by atoms with Crippen molar-refractivity contribution in [2.45, 2.75) is 19.6 Å². The molecule has 4 aromatic carbocycles. The van der Waals surface area contributed by atoms with Crippen molar-refractivity contribution in [2.24, 2.45) is 0 Å². The number of nitrogens with zero attached hydrogens (tertiary/aromatic N) is 2. The second kappa shape index (κ2) is 35.7. The van der Waals surface area contributed by atoms with Gasteiger partial charge in [0, 0.05) is 44.3 Å². The van der Waals surface area contributed by atoms with Crippen molar-refractivity contribution in [3.63, 3.8) is 0 Å². The molecule has 0 radical (unpaired) electrons. The number of rotatable bonds is 8. The minimum absolute atomic E-state index is 0. The quantitative estimate of drug-likeness (QED) is 0.105. The molecule has 0 fully saturated rings. The van der Waals surface area contributed by atoms with E-state index in [0.29, 0.717) is 89.4 Å². The molecule has 28 nitrogen and oxygen atoms in total. The first-order chi connectivity index (χ1) is 30.2. The van der Waals surface area contributed by atoms with Crippen LogP contribution in [-0.2, 0) is 40.5 Å². The zero-order valence-electron chi connectivity index (χ0n) is 42.3. The summed E-state index contributed by atoms with van der Waals surface area (Å²) in [7, 11) is -19.2. The summed E-state index contributed by atoms with van der Waals surface area (Å²) in [5, 5.41) is 0. The van der Waals surface area contributed by atoms with E-state index in [2.05, 4.69) is 9.97 Å². The van der Waals surface area contributed by atoms with Gasteiger partial charge in [-0.25, -0.2) is 43.6 Å². The fourth-order valence-electron chi connectivity index (χ4n) is 7.57. The number of H-pyrrole nitrogens is 2. The molecule has 2 aliphatic heterocycles. The molecular weight excluding hydrogens is 1190 g/mol. The van der Waals surface area contributed by atoms with Gasteiger partial charge in [-0.15, -0.1) is 0 Å². The van der Waals surface area contributed by atoms with Gasteiger partial charge in [0.1, 0.15) is 40.5 Å². The largest absolute Gasteiger partial charge is 1.00 e. The second-order valence-corrected chi connectivity index (χ2v) is 19.9. The van der Waals surface area contributed by atoms with E-state index in [4.69, 9.17) is 9.97 Å². The summed E-state index contributed by atoms with van der Waals surface area (Å²) < 4.78 is 143. The Balaban J connectivity index is -0.000000540. The first-order valence-corrected chi connectivity index (χ1v) is 24.3. The Bertz CT molecular complexity index is 3340. The van der Waals surface area contributed by atoms with Crippen molar-refractivity contribution >= 4 is 86.8 Å². The molecule has 0 spiro atoms. The average Bonchev–Trinajstić information content (AvgIpc) is 4.08. The molecule has 0 unspecified atom stereocenters. The third-order valence-electron chi connectivity index (χ3n) is 10.5. The number of aromatic amines is 2. The summed E-state index contributed by atoms with van der Waals surface area (Å²) in [6.45, 7) is 0. The Morgan fingerprint density at radius 2 is 0.412 bits per heavy atom. The van der Waals surface area contributed by atoms with E-state index in [1.54, 1.807) is 48.6 Å². The molecule has 0 atom stereocenters. The van der Waals surface area contributed by atoms with Crippen LogP contribution in [0.5, 0.6) is 0 Å². The molecule has 7 aromatic rings. The monoisotopic (exact) mass is 1240 g/mol. The molecule has 0 saturated carbocycles. The Kier molecular flexibility index (Phi) is 41.5. The molecule has 418 valence electrons. The van der Waals surface area contributed by atoms with Crippen molar-refractivity contribution in [2.75, 3.05) is 0 Å². The van der Waals surface area contributed by atoms with Crippen LogP contribution in [0.15, 0.2) is 141 Å². The topological polar surface area (TPSA) is 664 Å². The zero-order valence-corrected chi connectivity index (χ0v) is 53.5. The van der Waals surface area contributed by atoms with E-state index in [9.17, 15) is 51.9 Å². The first kappa shape index (κ1) is 93.1. The van der Waals surface area contributed by atoms with Gasteiger partial charge in [0.05, 0.1) is 42.4 Å². The SMILES string of the molecule is O.O.O.O.O.O.O.O.O.O.O.O.O=S(=O)([O-])c1ccc(-c2c3nc(c(-c4ccc(S(=O)(=O)[O-])cc4)c4ccc([nH]4)c(-c4ccc(S(=O)(=O)[O-])cc4)c4nc(c(-c5ccc(S(=O)(=O)[O-])cc5)c5ccc2[nH]5)C=C4)C=C3)cc1.[Na+].[Na+].[Na+].[Na+]. The van der Waals surface area contributed by atoms with E-state index in [1.165, 1.54) is 97.1 Å². The van der Waals surface area contributed by atoms with Crippen molar-refractivity contribution in [1.29, 1.82) is 0 Å². The summed E-state index contributed by atoms with van der Waals surface area (Å²) in [6, 6.07) is 27.8. The molecule has 5 heterocycles. The molecule has 80 heavy (non-hydrogen) atoms. The normalized spacial score (nSPS) is 10.4. The van der Waals surface area contributed by atoms with Gasteiger partial charge in [0.25, 0.3) is 0 Å². The Hall–Kier alpha value is -3.36. The Labute approximate surface area is 544 Å². The third-order valence-corrected chi connectivity index (χ3v) is 13.9. The van der Waals surface area contributed by atoms with E-state index < -0.39 is 60.1 Å². The summed E-state index contributed by atoms with van der Waals surface area (Å²) in [6.07, 6.45) is 6.79. The molecule has 2 aliphatic rings. The van der Waals surface area contributed by atoms with Crippen LogP contribution >= 0.6 is 0 Å². The number of fused-ring (bicyclic) bond motifs is 8. The summed E-state index contributed by atoms with van der Waals surface area (Å²) in [5.74, 6) is 0. The Morgan fingerprint density at radius 3 is 0.550 bits per heavy atom. The van der Waals surface area contributed by atoms with Crippen LogP contribution in [0, 0.1) is 0 Å². The summed E-state index contributed by atoms with van der Waals surface area (Å²) in [4.78, 5) is 15.0. The van der Waals surface area contributed by atoms with Crippen molar-refractivity contribution in [3.8, 4) is 44.5 Å². The van der Waals surface area contributed by atoms with Crippen molar-refractivity contribution < 1.29 is 236 Å². The molecule has 8 bridgehead atoms. The van der Waals surface area contributed by atoms with Gasteiger partial charge in [-0.05, 0) is 119 Å². The average molecular weight is 1240 g/mol. The van der Waals surface area contributed by atoms with Gasteiger partial charge in [-0.1, -0.05) is 48.5 Å². The van der Waals surface area contributed by atoms with Gasteiger partial charge >= 0.3 is 118 Å². The number of hydrogen-bond donors (Lipinski definition) is 2. The standard InChI is InChI=1S/C44H30N4O12S4.4Na.12H2O/c49-61(50,51)29-9-1-25(2-10-29)41-33-17-19-35(45-33)42(26-3-11-30(12-4-26)62(52,53)54)37-21-23-39(47-37)44(28-7-15-32(16-8-28)64(58,59)60)40-24-22-38(48-40)43(36-20-18-34(41)46-36)27-5-13-31(14-6-27)63(55,56)57;;;;;;;;;;;;;;;;/h1-24,45,48H,(H,49,50,51)(H,52,53,54)(H,55,56,57)(H,58,59,60);;;;;12*1H2/q;4*+1;;;;;;;;;;;;/p-4. The number of hydrogen-bond acceptors (Lipinski definition) is 14. The predicted molar refractivity (Wildman–Crippen MR) is 276 cm³/mol. The number of aromatic nitrogens is 4. The summed E-state index contributed by atoms with van der Waals surface area (Å²) in [5.41, 5.74) is 6.76. The second-order valence-electron chi connectivity index (χ2n) is 14.4. The molecule has 26 N–H and O–H groups in total. The van der Waals surface area contributed by atoms with E-state index in [1.807, 2.05) is 0 Å².